The SMILES string of the molecule is C#Cn1nccn1. The van der Waals surface area contributed by atoms with Gasteiger partial charge in [0.15, 0.2) is 0 Å². The number of rotatable bonds is 0. The van der Waals surface area contributed by atoms with Gasteiger partial charge in [-0.3, -0.25) is 0 Å². The molecule has 1 heterocycles. The molecule has 0 aliphatic carbocycles. The van der Waals surface area contributed by atoms with E-state index < -0.39 is 0 Å². The predicted octanol–water partition coefficient (Wildman–Crippen LogP) is -0.283. The van der Waals surface area contributed by atoms with Gasteiger partial charge in [0.2, 0.25) is 0 Å². The van der Waals surface area contributed by atoms with Crippen molar-refractivity contribution in [3.8, 4) is 12.5 Å². The van der Waals surface area contributed by atoms with Crippen molar-refractivity contribution in [3.63, 3.8) is 0 Å². The predicted molar refractivity (Wildman–Crippen MR) is 24.3 cm³/mol. The lowest BCUT2D eigenvalue weighted by Crippen LogP contribution is -1.90. The molecule has 3 nitrogen and oxygen atoms in total. The highest BCUT2D eigenvalue weighted by atomic mass is 15.4. The number of hydrogen-bond acceptors (Lipinski definition) is 2. The molecule has 0 aliphatic rings. The van der Waals surface area contributed by atoms with Crippen LogP contribution in [0.2, 0.25) is 0 Å². The Kier molecular flexibility index (Phi) is 0.794. The van der Waals surface area contributed by atoms with Crippen LogP contribution in [0.25, 0.3) is 0 Å². The summed E-state index contributed by atoms with van der Waals surface area (Å²) in [6.45, 7) is 0. The lowest BCUT2D eigenvalue weighted by atomic mass is 11.0. The van der Waals surface area contributed by atoms with Crippen molar-refractivity contribution in [2.75, 3.05) is 0 Å². The Hall–Kier alpha value is -1.30. The van der Waals surface area contributed by atoms with Gasteiger partial charge < -0.3 is 0 Å². The monoisotopic (exact) mass is 93.0 g/mol. The summed E-state index contributed by atoms with van der Waals surface area (Å²) in [4.78, 5) is 1.15. The molecule has 0 amide bonds. The van der Waals surface area contributed by atoms with E-state index in [-0.39, 0.29) is 0 Å². The van der Waals surface area contributed by atoms with Crippen molar-refractivity contribution >= 4 is 0 Å². The Morgan fingerprint density at radius 1 is 1.43 bits per heavy atom. The molecule has 1 aromatic heterocycles. The molecule has 7 heavy (non-hydrogen) atoms. The van der Waals surface area contributed by atoms with Gasteiger partial charge in [-0.1, -0.05) is 6.42 Å². The molecular formula is C4H3N3. The van der Waals surface area contributed by atoms with Crippen molar-refractivity contribution in [2.24, 2.45) is 0 Å². The average Bonchev–Trinajstić information content (AvgIpc) is 2.14. The molecule has 0 N–H and O–H groups in total. The molecule has 0 saturated heterocycles. The molecule has 0 fully saturated rings. The molecule has 0 spiro atoms. The quantitative estimate of drug-likeness (QED) is 0.413. The number of aromatic nitrogens is 3. The Bertz CT molecular complexity index is 169. The normalized spacial score (nSPS) is 7.86. The van der Waals surface area contributed by atoms with E-state index in [1.807, 2.05) is 0 Å². The van der Waals surface area contributed by atoms with Gasteiger partial charge in [-0.15, -0.1) is 15.0 Å². The molecule has 0 radical (unpaired) electrons. The molecule has 0 unspecified atom stereocenters. The highest BCUT2D eigenvalue weighted by Crippen LogP contribution is 1.67. The van der Waals surface area contributed by atoms with Crippen LogP contribution in [0, 0.1) is 12.5 Å². The number of terminal acetylenes is 1. The lowest BCUT2D eigenvalue weighted by Gasteiger charge is -1.74. The van der Waals surface area contributed by atoms with E-state index in [1.54, 1.807) is 0 Å². The third-order valence-corrected chi connectivity index (χ3v) is 0.534. The molecule has 1 rings (SSSR count). The summed E-state index contributed by atoms with van der Waals surface area (Å²) in [7, 11) is 0. The second kappa shape index (κ2) is 1.43. The highest BCUT2D eigenvalue weighted by molar-refractivity contribution is 4.82. The fourth-order valence-corrected chi connectivity index (χ4v) is 0.282. The van der Waals surface area contributed by atoms with Crippen LogP contribution in [-0.2, 0) is 0 Å². The first-order valence-corrected chi connectivity index (χ1v) is 1.76. The van der Waals surface area contributed by atoms with Crippen molar-refractivity contribution < 1.29 is 0 Å². The zero-order chi connectivity index (χ0) is 5.11. The molecular weight excluding hydrogens is 90.1 g/mol. The zero-order valence-electron chi connectivity index (χ0n) is 3.57. The van der Waals surface area contributed by atoms with Crippen molar-refractivity contribution in [2.45, 2.75) is 0 Å². The first-order valence-electron chi connectivity index (χ1n) is 1.76. The van der Waals surface area contributed by atoms with E-state index in [4.69, 9.17) is 6.42 Å². The Morgan fingerprint density at radius 3 is 2.29 bits per heavy atom. The van der Waals surface area contributed by atoms with Crippen LogP contribution in [0.3, 0.4) is 0 Å². The van der Waals surface area contributed by atoms with Gasteiger partial charge in [0.1, 0.15) is 0 Å². The smallest absolute Gasteiger partial charge is 0.0705 e. The van der Waals surface area contributed by atoms with E-state index in [0.717, 1.165) is 4.80 Å². The van der Waals surface area contributed by atoms with Gasteiger partial charge >= 0.3 is 0 Å². The van der Waals surface area contributed by atoms with E-state index in [2.05, 4.69) is 16.2 Å². The molecule has 0 atom stereocenters. The van der Waals surface area contributed by atoms with E-state index in [0.29, 0.717) is 0 Å². The summed E-state index contributed by atoms with van der Waals surface area (Å²) in [5.41, 5.74) is 0. The van der Waals surface area contributed by atoms with Gasteiger partial charge in [-0.25, -0.2) is 0 Å². The standard InChI is InChI=1S/C4H3N3/c1-2-7-5-3-4-6-7/h1,3-4H. The first-order chi connectivity index (χ1) is 3.43. The largest absolute Gasteiger partial charge is 0.149 e. The Balaban J connectivity index is 3.04. The lowest BCUT2D eigenvalue weighted by molar-refractivity contribution is 0.781. The van der Waals surface area contributed by atoms with Crippen LogP contribution < -0.4 is 0 Å². The third kappa shape index (κ3) is 0.578. The third-order valence-electron chi connectivity index (χ3n) is 0.534. The van der Waals surface area contributed by atoms with Crippen LogP contribution in [0.1, 0.15) is 0 Å². The van der Waals surface area contributed by atoms with E-state index in [9.17, 15) is 0 Å². The molecule has 0 aliphatic heterocycles. The van der Waals surface area contributed by atoms with Crippen LogP contribution in [0.5, 0.6) is 0 Å². The second-order valence-corrected chi connectivity index (χ2v) is 0.948. The Labute approximate surface area is 41.0 Å². The van der Waals surface area contributed by atoms with Gasteiger partial charge in [0, 0.05) is 0 Å². The van der Waals surface area contributed by atoms with Crippen LogP contribution in [-0.4, -0.2) is 15.0 Å². The summed E-state index contributed by atoms with van der Waals surface area (Å²) in [5, 5.41) is 7.21. The van der Waals surface area contributed by atoms with Crippen molar-refractivity contribution in [1.29, 1.82) is 0 Å². The Morgan fingerprint density at radius 2 is 2.00 bits per heavy atom. The maximum absolute atomic E-state index is 4.88. The van der Waals surface area contributed by atoms with Gasteiger partial charge in [0.05, 0.1) is 18.4 Å². The summed E-state index contributed by atoms with van der Waals surface area (Å²) >= 11 is 0. The summed E-state index contributed by atoms with van der Waals surface area (Å²) < 4.78 is 0. The summed E-state index contributed by atoms with van der Waals surface area (Å²) in [6.07, 6.45) is 7.94. The zero-order valence-corrected chi connectivity index (χ0v) is 3.57. The second-order valence-electron chi connectivity index (χ2n) is 0.948. The minimum Gasteiger partial charge on any atom is -0.149 e. The molecule has 1 aromatic rings. The topological polar surface area (TPSA) is 30.7 Å². The summed E-state index contributed by atoms with van der Waals surface area (Å²) in [6, 6.07) is 2.20. The number of nitrogens with zero attached hydrogens (tertiary/aromatic N) is 3. The van der Waals surface area contributed by atoms with Crippen LogP contribution in [0.15, 0.2) is 12.4 Å². The van der Waals surface area contributed by atoms with Gasteiger partial charge in [-0.05, 0) is 0 Å². The van der Waals surface area contributed by atoms with Crippen LogP contribution >= 0.6 is 0 Å². The van der Waals surface area contributed by atoms with Gasteiger partial charge in [-0.2, -0.15) is 0 Å². The van der Waals surface area contributed by atoms with E-state index in [1.165, 1.54) is 12.4 Å². The average molecular weight is 93.1 g/mol. The van der Waals surface area contributed by atoms with Crippen molar-refractivity contribution in [1.82, 2.24) is 15.0 Å². The highest BCUT2D eigenvalue weighted by Gasteiger charge is 1.75. The molecule has 34 valence electrons. The molecule has 3 heteroatoms. The fourth-order valence-electron chi connectivity index (χ4n) is 0.282. The maximum Gasteiger partial charge on any atom is 0.0705 e. The minimum atomic E-state index is 1.15. The minimum absolute atomic E-state index is 1.15. The molecule has 0 saturated carbocycles. The van der Waals surface area contributed by atoms with Gasteiger partial charge in [0.25, 0.3) is 0 Å². The molecule has 0 aromatic carbocycles. The first kappa shape index (κ1) is 3.88. The maximum atomic E-state index is 4.88. The van der Waals surface area contributed by atoms with Crippen molar-refractivity contribution in [3.05, 3.63) is 12.4 Å². The van der Waals surface area contributed by atoms with E-state index >= 15 is 0 Å². The van der Waals surface area contributed by atoms with Crippen LogP contribution in [0.4, 0.5) is 0 Å². The fraction of sp³-hybridized carbons (Fsp3) is 0. The molecule has 0 bridgehead atoms. The summed E-state index contributed by atoms with van der Waals surface area (Å²) in [5.74, 6) is 0. The number of hydrogen-bond donors (Lipinski definition) is 0.